The molecule has 0 unspecified atom stereocenters. The quantitative estimate of drug-likeness (QED) is 0.362. The lowest BCUT2D eigenvalue weighted by Gasteiger charge is -2.10. The number of carbonyl (C=O) groups excluding carboxylic acids is 1. The van der Waals surface area contributed by atoms with Gasteiger partial charge in [-0.05, 0) is 31.2 Å². The fraction of sp³-hybridized carbons (Fsp3) is 0.125. The Labute approximate surface area is 188 Å². The van der Waals surface area contributed by atoms with Crippen LogP contribution in [-0.2, 0) is 4.79 Å². The predicted octanol–water partition coefficient (Wildman–Crippen LogP) is 5.21. The number of methoxy groups -OCH3 is 1. The van der Waals surface area contributed by atoms with Crippen LogP contribution >= 0.6 is 11.8 Å². The number of ether oxygens (including phenoxy) is 1. The number of fused-ring (bicyclic) bond motifs is 3. The van der Waals surface area contributed by atoms with Crippen molar-refractivity contribution in [1.29, 1.82) is 0 Å². The molecule has 3 aromatic carbocycles. The second-order valence-electron chi connectivity index (χ2n) is 7.30. The Balaban J connectivity index is 1.34. The van der Waals surface area contributed by atoms with E-state index in [0.29, 0.717) is 22.2 Å². The summed E-state index contributed by atoms with van der Waals surface area (Å²) in [6.07, 6.45) is 1.64. The summed E-state index contributed by atoms with van der Waals surface area (Å²) in [5.74, 6) is 0.568. The SMILES string of the molecule is COc1cc2c(cc1NC(=O)CSc1nncn1-c1ccc(C)cc1)oc1ccccc12. The van der Waals surface area contributed by atoms with Crippen LogP contribution in [0.4, 0.5) is 5.69 Å². The molecule has 0 spiro atoms. The van der Waals surface area contributed by atoms with Gasteiger partial charge in [0.25, 0.3) is 0 Å². The molecule has 32 heavy (non-hydrogen) atoms. The molecule has 8 heteroatoms. The van der Waals surface area contributed by atoms with Gasteiger partial charge in [0.05, 0.1) is 18.6 Å². The molecular formula is C24H20N4O3S. The van der Waals surface area contributed by atoms with Crippen LogP contribution in [-0.4, -0.2) is 33.5 Å². The summed E-state index contributed by atoms with van der Waals surface area (Å²) in [5, 5.41) is 13.7. The van der Waals surface area contributed by atoms with Gasteiger partial charge in [-0.3, -0.25) is 9.36 Å². The van der Waals surface area contributed by atoms with E-state index in [2.05, 4.69) is 15.5 Å². The zero-order valence-electron chi connectivity index (χ0n) is 17.5. The lowest BCUT2D eigenvalue weighted by Crippen LogP contribution is -2.15. The molecule has 1 amide bonds. The molecule has 0 radical (unpaired) electrons. The number of para-hydroxylation sites is 1. The number of nitrogens with one attached hydrogen (secondary N) is 1. The molecule has 0 aliphatic carbocycles. The molecule has 0 saturated heterocycles. The van der Waals surface area contributed by atoms with Gasteiger partial charge in [0.15, 0.2) is 5.16 Å². The second-order valence-corrected chi connectivity index (χ2v) is 8.25. The average Bonchev–Trinajstić information content (AvgIpc) is 3.41. The molecule has 160 valence electrons. The highest BCUT2D eigenvalue weighted by Gasteiger charge is 2.15. The Bertz CT molecular complexity index is 1420. The smallest absolute Gasteiger partial charge is 0.234 e. The largest absolute Gasteiger partial charge is 0.495 e. The second kappa shape index (κ2) is 8.39. The first kappa shape index (κ1) is 20.1. The first-order valence-corrected chi connectivity index (χ1v) is 11.0. The molecule has 0 saturated carbocycles. The Morgan fingerprint density at radius 1 is 1.09 bits per heavy atom. The van der Waals surface area contributed by atoms with E-state index in [1.807, 2.05) is 66.1 Å². The minimum absolute atomic E-state index is 0.172. The van der Waals surface area contributed by atoms with Gasteiger partial charge < -0.3 is 14.5 Å². The van der Waals surface area contributed by atoms with E-state index in [0.717, 1.165) is 22.0 Å². The molecule has 5 aromatic rings. The summed E-state index contributed by atoms with van der Waals surface area (Å²) in [4.78, 5) is 12.7. The van der Waals surface area contributed by atoms with Gasteiger partial charge in [0.1, 0.15) is 23.2 Å². The van der Waals surface area contributed by atoms with Crippen LogP contribution in [0.15, 0.2) is 76.6 Å². The van der Waals surface area contributed by atoms with E-state index < -0.39 is 0 Å². The van der Waals surface area contributed by atoms with Crippen molar-refractivity contribution in [3.05, 3.63) is 72.6 Å². The number of furan rings is 1. The molecule has 0 fully saturated rings. The summed E-state index contributed by atoms with van der Waals surface area (Å²) in [7, 11) is 1.58. The van der Waals surface area contributed by atoms with Gasteiger partial charge >= 0.3 is 0 Å². The van der Waals surface area contributed by atoms with Crippen molar-refractivity contribution in [2.45, 2.75) is 12.1 Å². The number of nitrogens with zero attached hydrogens (tertiary/aromatic N) is 3. The van der Waals surface area contributed by atoms with Crippen molar-refractivity contribution in [3.8, 4) is 11.4 Å². The third-order valence-electron chi connectivity index (χ3n) is 5.13. The Morgan fingerprint density at radius 2 is 1.91 bits per heavy atom. The number of carbonyl (C=O) groups is 1. The van der Waals surface area contributed by atoms with E-state index >= 15 is 0 Å². The van der Waals surface area contributed by atoms with Crippen LogP contribution in [0.2, 0.25) is 0 Å². The van der Waals surface area contributed by atoms with E-state index in [1.54, 1.807) is 19.5 Å². The fourth-order valence-corrected chi connectivity index (χ4v) is 4.27. The maximum Gasteiger partial charge on any atom is 0.234 e. The monoisotopic (exact) mass is 444 g/mol. The van der Waals surface area contributed by atoms with E-state index in [-0.39, 0.29) is 11.7 Å². The lowest BCUT2D eigenvalue weighted by molar-refractivity contribution is -0.113. The maximum absolute atomic E-state index is 12.7. The third kappa shape index (κ3) is 3.80. The number of anilines is 1. The lowest BCUT2D eigenvalue weighted by atomic mass is 10.1. The van der Waals surface area contributed by atoms with Gasteiger partial charge in [0, 0.05) is 22.5 Å². The number of hydrogen-bond acceptors (Lipinski definition) is 6. The number of amides is 1. The fourth-order valence-electron chi connectivity index (χ4n) is 3.54. The van der Waals surface area contributed by atoms with Gasteiger partial charge in [-0.2, -0.15) is 0 Å². The Hall–Kier alpha value is -3.78. The van der Waals surface area contributed by atoms with Gasteiger partial charge in [0.2, 0.25) is 5.91 Å². The molecule has 7 nitrogen and oxygen atoms in total. The molecule has 0 bridgehead atoms. The Kier molecular flexibility index (Phi) is 5.28. The third-order valence-corrected chi connectivity index (χ3v) is 6.08. The van der Waals surface area contributed by atoms with Crippen molar-refractivity contribution in [2.24, 2.45) is 0 Å². The van der Waals surface area contributed by atoms with E-state index in [1.165, 1.54) is 17.3 Å². The molecular weight excluding hydrogens is 424 g/mol. The highest BCUT2D eigenvalue weighted by molar-refractivity contribution is 7.99. The highest BCUT2D eigenvalue weighted by Crippen LogP contribution is 2.36. The van der Waals surface area contributed by atoms with Crippen LogP contribution in [0.5, 0.6) is 5.75 Å². The van der Waals surface area contributed by atoms with Crippen LogP contribution in [0, 0.1) is 6.92 Å². The minimum Gasteiger partial charge on any atom is -0.495 e. The first-order chi connectivity index (χ1) is 15.6. The van der Waals surface area contributed by atoms with Crippen LogP contribution in [0.1, 0.15) is 5.56 Å². The number of rotatable bonds is 6. The minimum atomic E-state index is -0.179. The molecule has 0 aliphatic heterocycles. The van der Waals surface area contributed by atoms with Gasteiger partial charge in [-0.25, -0.2) is 0 Å². The molecule has 0 aliphatic rings. The summed E-state index contributed by atoms with van der Waals surface area (Å²) in [6.45, 7) is 2.03. The number of aromatic nitrogens is 3. The van der Waals surface area contributed by atoms with Gasteiger partial charge in [-0.15, -0.1) is 10.2 Å². The molecule has 2 aromatic heterocycles. The van der Waals surface area contributed by atoms with Crippen molar-refractivity contribution < 1.29 is 13.9 Å². The zero-order chi connectivity index (χ0) is 22.1. The van der Waals surface area contributed by atoms with Crippen LogP contribution in [0.3, 0.4) is 0 Å². The molecule has 5 rings (SSSR count). The standard InChI is InChI=1S/C24H20N4O3S/c1-15-7-9-16(10-8-15)28-14-25-27-24(28)32-13-23(29)26-19-12-21-18(11-22(19)30-2)17-5-3-4-6-20(17)31-21/h3-12,14H,13H2,1-2H3,(H,26,29). The molecule has 0 atom stereocenters. The van der Waals surface area contributed by atoms with Gasteiger partial charge in [-0.1, -0.05) is 47.7 Å². The topological polar surface area (TPSA) is 82.2 Å². The van der Waals surface area contributed by atoms with Crippen molar-refractivity contribution in [1.82, 2.24) is 14.8 Å². The van der Waals surface area contributed by atoms with Crippen molar-refractivity contribution >= 4 is 45.3 Å². The first-order valence-electron chi connectivity index (χ1n) is 10.0. The van der Waals surface area contributed by atoms with Crippen molar-refractivity contribution in [3.63, 3.8) is 0 Å². The van der Waals surface area contributed by atoms with Crippen molar-refractivity contribution in [2.75, 3.05) is 18.2 Å². The summed E-state index contributed by atoms with van der Waals surface area (Å²) < 4.78 is 13.3. The van der Waals surface area contributed by atoms with Crippen LogP contribution in [0.25, 0.3) is 27.6 Å². The number of hydrogen-bond donors (Lipinski definition) is 1. The maximum atomic E-state index is 12.7. The number of thioether (sulfide) groups is 1. The summed E-state index contributed by atoms with van der Waals surface area (Å²) in [6, 6.07) is 19.5. The summed E-state index contributed by atoms with van der Waals surface area (Å²) >= 11 is 1.31. The van der Waals surface area contributed by atoms with E-state index in [4.69, 9.17) is 9.15 Å². The molecule has 1 N–H and O–H groups in total. The predicted molar refractivity (Wildman–Crippen MR) is 126 cm³/mol. The molecule has 2 heterocycles. The highest BCUT2D eigenvalue weighted by atomic mass is 32.2. The van der Waals surface area contributed by atoms with E-state index in [9.17, 15) is 4.79 Å². The Morgan fingerprint density at radius 3 is 2.72 bits per heavy atom. The number of benzene rings is 3. The zero-order valence-corrected chi connectivity index (χ0v) is 18.3. The normalized spacial score (nSPS) is 11.2. The van der Waals surface area contributed by atoms with Crippen LogP contribution < -0.4 is 10.1 Å². The average molecular weight is 445 g/mol. The summed E-state index contributed by atoms with van der Waals surface area (Å²) in [5.41, 5.74) is 4.16. The number of aryl methyl sites for hydroxylation is 1.